The zero-order chi connectivity index (χ0) is 16.3. The van der Waals surface area contributed by atoms with Gasteiger partial charge in [0.05, 0.1) is 6.42 Å². The van der Waals surface area contributed by atoms with Crippen molar-refractivity contribution in [3.8, 4) is 0 Å². The molecule has 2 N–H and O–H groups in total. The number of esters is 1. The third-order valence-corrected chi connectivity index (χ3v) is 4.41. The van der Waals surface area contributed by atoms with E-state index in [2.05, 4.69) is 0 Å². The average Bonchev–Trinajstić information content (AvgIpc) is 2.78. The lowest BCUT2D eigenvalue weighted by Gasteiger charge is -2.22. The minimum Gasteiger partial charge on any atom is -0.480 e. The minimum absolute atomic E-state index is 0.355. The summed E-state index contributed by atoms with van der Waals surface area (Å²) in [6, 6.07) is -1.54. The van der Waals surface area contributed by atoms with E-state index in [-0.39, 0.29) is 0 Å². The van der Waals surface area contributed by atoms with Gasteiger partial charge in [0.15, 0.2) is 0 Å². The first-order valence-electron chi connectivity index (χ1n) is 6.73. The molecule has 0 bridgehead atoms. The molecule has 0 aromatic rings. The molecule has 1 aliphatic rings. The van der Waals surface area contributed by atoms with Gasteiger partial charge in [0.25, 0.3) is 10.2 Å². The minimum atomic E-state index is -3.90. The summed E-state index contributed by atoms with van der Waals surface area (Å²) in [5.41, 5.74) is -0.756. The number of rotatable bonds is 6. The SMILES string of the molecule is CC(C)(C)OC(=O)C[C@H](NS(=O)(=O)N1CCCC1)C(=O)O. The van der Waals surface area contributed by atoms with Gasteiger partial charge in [0.1, 0.15) is 11.6 Å². The van der Waals surface area contributed by atoms with Crippen molar-refractivity contribution in [1.29, 1.82) is 0 Å². The summed E-state index contributed by atoms with van der Waals surface area (Å²) < 4.78 is 32.3. The van der Waals surface area contributed by atoms with Crippen LogP contribution in [-0.2, 0) is 24.5 Å². The van der Waals surface area contributed by atoms with Crippen LogP contribution in [0.3, 0.4) is 0 Å². The third kappa shape index (κ3) is 5.98. The summed E-state index contributed by atoms with van der Waals surface area (Å²) in [6.07, 6.45) is 0.926. The number of carbonyl (C=O) groups is 2. The Morgan fingerprint density at radius 2 is 1.81 bits per heavy atom. The molecule has 0 spiro atoms. The molecule has 0 aromatic carbocycles. The third-order valence-electron chi connectivity index (χ3n) is 2.79. The summed E-state index contributed by atoms with van der Waals surface area (Å²) in [7, 11) is -3.90. The molecule has 1 fully saturated rings. The quantitative estimate of drug-likeness (QED) is 0.671. The van der Waals surface area contributed by atoms with E-state index < -0.39 is 40.2 Å². The maximum atomic E-state index is 12.0. The van der Waals surface area contributed by atoms with E-state index in [9.17, 15) is 18.0 Å². The lowest BCUT2D eigenvalue weighted by molar-refractivity contribution is -0.158. The molecule has 1 aliphatic heterocycles. The van der Waals surface area contributed by atoms with Crippen LogP contribution in [0.4, 0.5) is 0 Å². The molecule has 0 radical (unpaired) electrons. The fraction of sp³-hybridized carbons (Fsp3) is 0.833. The zero-order valence-electron chi connectivity index (χ0n) is 12.5. The first-order chi connectivity index (χ1) is 9.51. The Labute approximate surface area is 124 Å². The summed E-state index contributed by atoms with van der Waals surface area (Å²) in [5.74, 6) is -2.18. The van der Waals surface area contributed by atoms with Gasteiger partial charge in [-0.25, -0.2) is 0 Å². The van der Waals surface area contributed by atoms with Gasteiger partial charge >= 0.3 is 11.9 Å². The molecular formula is C12H22N2O6S. The predicted octanol–water partition coefficient (Wildman–Crippen LogP) is 0.102. The van der Waals surface area contributed by atoms with Crippen LogP contribution < -0.4 is 4.72 Å². The summed E-state index contributed by atoms with van der Waals surface area (Å²) in [5, 5.41) is 9.07. The van der Waals surface area contributed by atoms with Crippen LogP contribution in [-0.4, -0.2) is 54.5 Å². The number of hydrogen-bond donors (Lipinski definition) is 2. The number of nitrogens with one attached hydrogen (secondary N) is 1. The summed E-state index contributed by atoms with van der Waals surface area (Å²) in [4.78, 5) is 22.8. The maximum Gasteiger partial charge on any atom is 0.322 e. The molecule has 1 saturated heterocycles. The lowest BCUT2D eigenvalue weighted by Crippen LogP contribution is -2.48. The van der Waals surface area contributed by atoms with Gasteiger partial charge in [-0.2, -0.15) is 17.4 Å². The number of carboxylic acid groups (broad SMARTS) is 1. The second-order valence-corrected chi connectivity index (χ2v) is 7.61. The smallest absolute Gasteiger partial charge is 0.322 e. The molecule has 8 nitrogen and oxygen atoms in total. The predicted molar refractivity (Wildman–Crippen MR) is 74.7 cm³/mol. The van der Waals surface area contributed by atoms with E-state index in [1.165, 1.54) is 4.31 Å². The molecule has 0 unspecified atom stereocenters. The van der Waals surface area contributed by atoms with Crippen molar-refractivity contribution in [2.45, 2.75) is 51.7 Å². The van der Waals surface area contributed by atoms with E-state index in [0.29, 0.717) is 13.1 Å². The lowest BCUT2D eigenvalue weighted by atomic mass is 10.2. The number of carboxylic acids is 1. The van der Waals surface area contributed by atoms with Crippen molar-refractivity contribution < 1.29 is 27.9 Å². The van der Waals surface area contributed by atoms with E-state index in [4.69, 9.17) is 9.84 Å². The topological polar surface area (TPSA) is 113 Å². The number of ether oxygens (including phenoxy) is 1. The Balaban J connectivity index is 2.70. The van der Waals surface area contributed by atoms with Gasteiger partial charge in [-0.15, -0.1) is 0 Å². The number of nitrogens with zero attached hydrogens (tertiary/aromatic N) is 1. The van der Waals surface area contributed by atoms with Gasteiger partial charge < -0.3 is 9.84 Å². The van der Waals surface area contributed by atoms with Crippen molar-refractivity contribution in [3.63, 3.8) is 0 Å². The number of carbonyl (C=O) groups excluding carboxylic acids is 1. The van der Waals surface area contributed by atoms with Crippen molar-refractivity contribution in [2.75, 3.05) is 13.1 Å². The zero-order valence-corrected chi connectivity index (χ0v) is 13.3. The molecule has 0 aliphatic carbocycles. The molecule has 21 heavy (non-hydrogen) atoms. The highest BCUT2D eigenvalue weighted by Crippen LogP contribution is 2.13. The standard InChI is InChI=1S/C12H22N2O6S/c1-12(2,3)20-10(15)8-9(11(16)17)13-21(18,19)14-6-4-5-7-14/h9,13H,4-8H2,1-3H3,(H,16,17)/t9-/m0/s1. The van der Waals surface area contributed by atoms with Crippen LogP contribution in [0.1, 0.15) is 40.0 Å². The van der Waals surface area contributed by atoms with E-state index in [1.54, 1.807) is 20.8 Å². The molecule has 0 saturated carbocycles. The van der Waals surface area contributed by atoms with Gasteiger partial charge in [-0.3, -0.25) is 9.59 Å². The Kier molecular flexibility index (Phi) is 5.71. The van der Waals surface area contributed by atoms with E-state index in [1.807, 2.05) is 4.72 Å². The summed E-state index contributed by atoms with van der Waals surface area (Å²) >= 11 is 0. The molecule has 9 heteroatoms. The fourth-order valence-corrected chi connectivity index (χ4v) is 3.34. The van der Waals surface area contributed by atoms with Gasteiger partial charge in [0, 0.05) is 13.1 Å². The Morgan fingerprint density at radius 3 is 2.24 bits per heavy atom. The highest BCUT2D eigenvalue weighted by molar-refractivity contribution is 7.87. The van der Waals surface area contributed by atoms with Crippen LogP contribution in [0.15, 0.2) is 0 Å². The number of aliphatic carboxylic acids is 1. The van der Waals surface area contributed by atoms with Crippen molar-refractivity contribution in [1.82, 2.24) is 9.03 Å². The van der Waals surface area contributed by atoms with Crippen molar-refractivity contribution in [3.05, 3.63) is 0 Å². The Morgan fingerprint density at radius 1 is 1.29 bits per heavy atom. The van der Waals surface area contributed by atoms with Crippen LogP contribution in [0.5, 0.6) is 0 Å². The first-order valence-corrected chi connectivity index (χ1v) is 8.17. The largest absolute Gasteiger partial charge is 0.480 e. The average molecular weight is 322 g/mol. The molecular weight excluding hydrogens is 300 g/mol. The molecule has 1 atom stereocenters. The van der Waals surface area contributed by atoms with Crippen LogP contribution in [0.25, 0.3) is 0 Å². The Hall–Kier alpha value is -1.19. The first kappa shape index (κ1) is 17.9. The van der Waals surface area contributed by atoms with E-state index in [0.717, 1.165) is 12.8 Å². The molecule has 0 aromatic heterocycles. The molecule has 1 heterocycles. The highest BCUT2D eigenvalue weighted by Gasteiger charge is 2.33. The summed E-state index contributed by atoms with van der Waals surface area (Å²) in [6.45, 7) is 5.65. The van der Waals surface area contributed by atoms with E-state index >= 15 is 0 Å². The fourth-order valence-electron chi connectivity index (χ4n) is 1.91. The van der Waals surface area contributed by atoms with Crippen molar-refractivity contribution in [2.24, 2.45) is 0 Å². The van der Waals surface area contributed by atoms with Gasteiger partial charge in [0.2, 0.25) is 0 Å². The van der Waals surface area contributed by atoms with Crippen LogP contribution in [0, 0.1) is 0 Å². The van der Waals surface area contributed by atoms with Crippen molar-refractivity contribution >= 4 is 22.1 Å². The van der Waals surface area contributed by atoms with Crippen LogP contribution in [0.2, 0.25) is 0 Å². The van der Waals surface area contributed by atoms with Gasteiger partial charge in [-0.05, 0) is 33.6 Å². The second-order valence-electron chi connectivity index (χ2n) is 5.91. The molecule has 1 rings (SSSR count). The van der Waals surface area contributed by atoms with Crippen LogP contribution >= 0.6 is 0 Å². The normalized spacial score (nSPS) is 18.4. The Bertz CT molecular complexity index is 490. The second kappa shape index (κ2) is 6.71. The monoisotopic (exact) mass is 322 g/mol. The highest BCUT2D eigenvalue weighted by atomic mass is 32.2. The maximum absolute atomic E-state index is 12.0. The molecule has 122 valence electrons. The molecule has 0 amide bonds. The number of hydrogen-bond acceptors (Lipinski definition) is 5. The van der Waals surface area contributed by atoms with Gasteiger partial charge in [-0.1, -0.05) is 0 Å².